The van der Waals surface area contributed by atoms with Crippen molar-refractivity contribution in [3.05, 3.63) is 23.8 Å². The first-order valence-electron chi connectivity index (χ1n) is 5.38. The Balaban J connectivity index is 3.96. The Morgan fingerprint density at radius 2 is 2.00 bits per heavy atom. The van der Waals surface area contributed by atoms with Crippen molar-refractivity contribution < 1.29 is 14.3 Å². The van der Waals surface area contributed by atoms with Crippen LogP contribution in [0, 0.1) is 0 Å². The maximum absolute atomic E-state index is 10.7. The van der Waals surface area contributed by atoms with Crippen LogP contribution in [0.1, 0.15) is 40.0 Å². The van der Waals surface area contributed by atoms with E-state index in [1.54, 1.807) is 0 Å². The molecule has 0 aliphatic carbocycles. The van der Waals surface area contributed by atoms with Crippen molar-refractivity contribution in [2.45, 2.75) is 46.1 Å². The van der Waals surface area contributed by atoms with Crippen LogP contribution in [-0.2, 0) is 14.3 Å². The van der Waals surface area contributed by atoms with E-state index in [1.165, 1.54) is 12.5 Å². The minimum Gasteiger partial charge on any atom is -0.455 e. The molecule has 0 aliphatic rings. The molecule has 0 spiro atoms. The summed E-state index contributed by atoms with van der Waals surface area (Å²) >= 11 is 0. The molecule has 0 heterocycles. The lowest BCUT2D eigenvalue weighted by molar-refractivity contribution is -0.149. The summed E-state index contributed by atoms with van der Waals surface area (Å²) in [4.78, 5) is 21.3. The fraction of sp³-hybridized carbons (Fsp3) is 0.538. The lowest BCUT2D eigenvalue weighted by Crippen LogP contribution is -2.18. The van der Waals surface area contributed by atoms with Crippen LogP contribution in [0.5, 0.6) is 0 Å². The smallest absolute Gasteiger partial charge is 0.303 e. The Morgan fingerprint density at radius 3 is 2.44 bits per heavy atom. The summed E-state index contributed by atoms with van der Waals surface area (Å²) in [5, 5.41) is 0. The first-order chi connectivity index (χ1) is 7.45. The van der Waals surface area contributed by atoms with Crippen molar-refractivity contribution in [1.82, 2.24) is 0 Å². The van der Waals surface area contributed by atoms with Crippen LogP contribution in [0.25, 0.3) is 0 Å². The Bertz CT molecular complexity index is 286. The van der Waals surface area contributed by atoms with Gasteiger partial charge >= 0.3 is 5.97 Å². The average molecular weight is 224 g/mol. The maximum Gasteiger partial charge on any atom is 0.303 e. The van der Waals surface area contributed by atoms with Gasteiger partial charge in [-0.3, -0.25) is 9.59 Å². The molecule has 3 nitrogen and oxygen atoms in total. The standard InChI is InChI=1S/C13H20O3/c1-10(2)6-5-7-11(3)8-13(9-14)16-12(4)15/h6,9,13H,3,5,7-8H2,1-2,4H3. The molecule has 0 rings (SSSR count). The Kier molecular flexibility index (Phi) is 7.18. The third kappa shape index (κ3) is 7.97. The van der Waals surface area contributed by atoms with E-state index >= 15 is 0 Å². The fourth-order valence-corrected chi connectivity index (χ4v) is 1.28. The third-order valence-corrected chi connectivity index (χ3v) is 2.01. The lowest BCUT2D eigenvalue weighted by atomic mass is 10.0. The van der Waals surface area contributed by atoms with Crippen LogP contribution in [0.2, 0.25) is 0 Å². The highest BCUT2D eigenvalue weighted by atomic mass is 16.5. The number of rotatable bonds is 7. The molecule has 1 unspecified atom stereocenters. The van der Waals surface area contributed by atoms with Gasteiger partial charge in [0.05, 0.1) is 0 Å². The quantitative estimate of drug-likeness (QED) is 0.379. The van der Waals surface area contributed by atoms with Crippen molar-refractivity contribution >= 4 is 12.3 Å². The summed E-state index contributed by atoms with van der Waals surface area (Å²) in [5.41, 5.74) is 2.19. The van der Waals surface area contributed by atoms with E-state index in [-0.39, 0.29) is 0 Å². The zero-order valence-electron chi connectivity index (χ0n) is 10.3. The van der Waals surface area contributed by atoms with Gasteiger partial charge in [0.2, 0.25) is 0 Å². The molecule has 0 fully saturated rings. The molecule has 0 N–H and O–H groups in total. The zero-order chi connectivity index (χ0) is 12.6. The van der Waals surface area contributed by atoms with Crippen LogP contribution in [0.15, 0.2) is 23.8 Å². The molecular weight excluding hydrogens is 204 g/mol. The predicted octanol–water partition coefficient (Wildman–Crippen LogP) is 2.81. The Hall–Kier alpha value is -1.38. The summed E-state index contributed by atoms with van der Waals surface area (Å²) in [7, 11) is 0. The van der Waals surface area contributed by atoms with Crippen LogP contribution >= 0.6 is 0 Å². The lowest BCUT2D eigenvalue weighted by Gasteiger charge is -2.11. The molecule has 0 saturated heterocycles. The second-order valence-electron chi connectivity index (χ2n) is 4.06. The van der Waals surface area contributed by atoms with Crippen molar-refractivity contribution in [2.24, 2.45) is 0 Å². The van der Waals surface area contributed by atoms with Crippen LogP contribution in [0.3, 0.4) is 0 Å². The van der Waals surface area contributed by atoms with Gasteiger partial charge in [-0.2, -0.15) is 0 Å². The summed E-state index contributed by atoms with van der Waals surface area (Å²) < 4.78 is 4.81. The molecule has 0 aromatic carbocycles. The van der Waals surface area contributed by atoms with E-state index in [4.69, 9.17) is 4.74 Å². The van der Waals surface area contributed by atoms with Crippen LogP contribution < -0.4 is 0 Å². The molecule has 90 valence electrons. The molecule has 1 atom stereocenters. The van der Waals surface area contributed by atoms with Crippen LogP contribution in [0.4, 0.5) is 0 Å². The van der Waals surface area contributed by atoms with Crippen LogP contribution in [-0.4, -0.2) is 18.4 Å². The SMILES string of the molecule is C=C(CCC=C(C)C)CC(C=O)OC(C)=O. The molecule has 3 heteroatoms. The van der Waals surface area contributed by atoms with E-state index in [1.807, 2.05) is 13.8 Å². The van der Waals surface area contributed by atoms with Gasteiger partial charge in [0.1, 0.15) is 0 Å². The number of aldehydes is 1. The van der Waals surface area contributed by atoms with Gasteiger partial charge in [0, 0.05) is 13.3 Å². The van der Waals surface area contributed by atoms with Gasteiger partial charge in [0.15, 0.2) is 12.4 Å². The third-order valence-electron chi connectivity index (χ3n) is 2.01. The number of hydrogen-bond acceptors (Lipinski definition) is 3. The number of carbonyl (C=O) groups is 2. The highest BCUT2D eigenvalue weighted by Gasteiger charge is 2.11. The number of allylic oxidation sites excluding steroid dienone is 2. The molecule has 0 aromatic heterocycles. The van der Waals surface area contributed by atoms with E-state index in [0.717, 1.165) is 18.4 Å². The molecule has 0 bridgehead atoms. The number of carbonyl (C=O) groups excluding carboxylic acids is 2. The van der Waals surface area contributed by atoms with E-state index in [0.29, 0.717) is 12.7 Å². The molecule has 16 heavy (non-hydrogen) atoms. The normalized spacial score (nSPS) is 11.4. The fourth-order valence-electron chi connectivity index (χ4n) is 1.28. The van der Waals surface area contributed by atoms with Crippen molar-refractivity contribution in [3.8, 4) is 0 Å². The Labute approximate surface area is 97.2 Å². The van der Waals surface area contributed by atoms with E-state index < -0.39 is 12.1 Å². The van der Waals surface area contributed by atoms with Gasteiger partial charge in [-0.05, 0) is 26.7 Å². The van der Waals surface area contributed by atoms with Crippen molar-refractivity contribution in [2.75, 3.05) is 0 Å². The summed E-state index contributed by atoms with van der Waals surface area (Å²) in [6.45, 7) is 9.24. The van der Waals surface area contributed by atoms with Gasteiger partial charge in [-0.1, -0.05) is 23.8 Å². The average Bonchev–Trinajstić information content (AvgIpc) is 2.15. The minimum absolute atomic E-state index is 0.416. The number of hydrogen-bond donors (Lipinski definition) is 0. The molecular formula is C13H20O3. The number of ether oxygens (including phenoxy) is 1. The highest BCUT2D eigenvalue weighted by Crippen LogP contribution is 2.12. The molecule has 0 saturated carbocycles. The molecule has 0 aromatic rings. The number of esters is 1. The second-order valence-corrected chi connectivity index (χ2v) is 4.06. The summed E-state index contributed by atoms with van der Waals surface area (Å²) in [5.74, 6) is -0.436. The topological polar surface area (TPSA) is 43.4 Å². The van der Waals surface area contributed by atoms with Gasteiger partial charge in [-0.25, -0.2) is 0 Å². The van der Waals surface area contributed by atoms with Crippen molar-refractivity contribution in [3.63, 3.8) is 0 Å². The van der Waals surface area contributed by atoms with E-state index in [2.05, 4.69) is 12.7 Å². The zero-order valence-corrected chi connectivity index (χ0v) is 10.3. The summed E-state index contributed by atoms with van der Waals surface area (Å²) in [6.07, 6.45) is 4.22. The van der Waals surface area contributed by atoms with Gasteiger partial charge < -0.3 is 4.74 Å². The second kappa shape index (κ2) is 7.85. The molecule has 0 aliphatic heterocycles. The van der Waals surface area contributed by atoms with Gasteiger partial charge in [0.25, 0.3) is 0 Å². The van der Waals surface area contributed by atoms with E-state index in [9.17, 15) is 9.59 Å². The molecule has 0 amide bonds. The molecule has 0 radical (unpaired) electrons. The minimum atomic E-state index is -0.684. The first-order valence-corrected chi connectivity index (χ1v) is 5.38. The van der Waals surface area contributed by atoms with Crippen molar-refractivity contribution in [1.29, 1.82) is 0 Å². The monoisotopic (exact) mass is 224 g/mol. The highest BCUT2D eigenvalue weighted by molar-refractivity contribution is 5.70. The summed E-state index contributed by atoms with van der Waals surface area (Å²) in [6, 6.07) is 0. The van der Waals surface area contributed by atoms with Gasteiger partial charge in [-0.15, -0.1) is 0 Å². The largest absolute Gasteiger partial charge is 0.455 e. The Morgan fingerprint density at radius 1 is 1.38 bits per heavy atom. The first kappa shape index (κ1) is 14.6. The predicted molar refractivity (Wildman–Crippen MR) is 64.0 cm³/mol. The maximum atomic E-state index is 10.7.